The molecule has 2 N–H and O–H groups in total. The number of hydrogen-bond acceptors (Lipinski definition) is 6. The van der Waals surface area contributed by atoms with Gasteiger partial charge in [-0.25, -0.2) is 9.78 Å². The molecule has 1 amide bonds. The van der Waals surface area contributed by atoms with E-state index in [9.17, 15) is 19.5 Å². The predicted octanol–water partition coefficient (Wildman–Crippen LogP) is 2.21. The van der Waals surface area contributed by atoms with Crippen molar-refractivity contribution >= 4 is 29.0 Å². The van der Waals surface area contributed by atoms with Gasteiger partial charge in [0.25, 0.3) is 5.56 Å². The summed E-state index contributed by atoms with van der Waals surface area (Å²) in [4.78, 5) is 42.3. The van der Waals surface area contributed by atoms with Crippen molar-refractivity contribution in [3.05, 3.63) is 56.9 Å². The lowest BCUT2D eigenvalue weighted by Gasteiger charge is -2.33. The molecule has 158 valence electrons. The van der Waals surface area contributed by atoms with Crippen LogP contribution in [0.2, 0.25) is 0 Å². The Labute approximate surface area is 177 Å². The average molecular weight is 419 g/mol. The Morgan fingerprint density at radius 2 is 2.03 bits per heavy atom. The van der Waals surface area contributed by atoms with Gasteiger partial charge < -0.3 is 15.2 Å². The number of aliphatic hydroxyl groups is 1. The molecule has 31 heavy (non-hydrogen) atoms. The normalized spacial score (nSPS) is 18.9. The van der Waals surface area contributed by atoms with Crippen molar-refractivity contribution in [3.63, 3.8) is 0 Å². The molecular formula is C23H21N3O5. The highest BCUT2D eigenvalue weighted by Gasteiger charge is 2.48. The van der Waals surface area contributed by atoms with Crippen LogP contribution in [0, 0.1) is 0 Å². The lowest BCUT2D eigenvalue weighted by atomic mass is 9.84. The molecule has 2 aromatic heterocycles. The van der Waals surface area contributed by atoms with Gasteiger partial charge in [0.05, 0.1) is 34.7 Å². The number of anilines is 1. The maximum Gasteiger partial charge on any atom is 0.343 e. The number of carbonyl (C=O) groups excluding carboxylic acids is 2. The third kappa shape index (κ3) is 2.45. The quantitative estimate of drug-likeness (QED) is 0.388. The fourth-order valence-corrected chi connectivity index (χ4v) is 4.89. The molecule has 1 aromatic carbocycles. The van der Waals surface area contributed by atoms with Crippen molar-refractivity contribution in [1.82, 2.24) is 9.55 Å². The van der Waals surface area contributed by atoms with Crippen LogP contribution in [0.25, 0.3) is 22.3 Å². The number of ether oxygens (including phenoxy) is 1. The number of fused-ring (bicyclic) bond motifs is 5. The summed E-state index contributed by atoms with van der Waals surface area (Å²) in [5.41, 5.74) is 1.88. The second-order valence-electron chi connectivity index (χ2n) is 7.81. The maximum absolute atomic E-state index is 13.5. The Balaban J connectivity index is 1.93. The van der Waals surface area contributed by atoms with E-state index in [0.717, 1.165) is 28.5 Å². The summed E-state index contributed by atoms with van der Waals surface area (Å²) < 4.78 is 6.69. The van der Waals surface area contributed by atoms with Gasteiger partial charge in [0, 0.05) is 16.5 Å². The highest BCUT2D eigenvalue weighted by atomic mass is 16.6. The van der Waals surface area contributed by atoms with E-state index in [0.29, 0.717) is 24.3 Å². The maximum atomic E-state index is 13.5. The Morgan fingerprint density at radius 1 is 1.26 bits per heavy atom. The van der Waals surface area contributed by atoms with E-state index in [1.165, 1.54) is 0 Å². The van der Waals surface area contributed by atoms with E-state index < -0.39 is 11.6 Å². The summed E-state index contributed by atoms with van der Waals surface area (Å²) in [6.45, 7) is 3.71. The fraction of sp³-hybridized carbons (Fsp3) is 0.304. The first kappa shape index (κ1) is 19.4. The summed E-state index contributed by atoms with van der Waals surface area (Å²) in [7, 11) is 0. The lowest BCUT2D eigenvalue weighted by Crippen LogP contribution is -2.45. The summed E-state index contributed by atoms with van der Waals surface area (Å²) in [6.07, 6.45) is 1.22. The molecule has 4 heterocycles. The zero-order chi connectivity index (χ0) is 21.9. The number of hydrogen-bond donors (Lipinski definition) is 2. The van der Waals surface area contributed by atoms with Crippen LogP contribution in [-0.2, 0) is 39.5 Å². The van der Waals surface area contributed by atoms with Gasteiger partial charge in [-0.1, -0.05) is 32.0 Å². The molecule has 3 aromatic rings. The van der Waals surface area contributed by atoms with Gasteiger partial charge >= 0.3 is 5.97 Å². The van der Waals surface area contributed by atoms with Gasteiger partial charge in [0.2, 0.25) is 6.41 Å². The van der Waals surface area contributed by atoms with E-state index in [2.05, 4.69) is 5.32 Å². The molecule has 8 nitrogen and oxygen atoms in total. The average Bonchev–Trinajstić information content (AvgIpc) is 3.16. The van der Waals surface area contributed by atoms with E-state index >= 15 is 0 Å². The van der Waals surface area contributed by atoms with Crippen LogP contribution < -0.4 is 10.9 Å². The first-order chi connectivity index (χ1) is 15.0. The van der Waals surface area contributed by atoms with Crippen LogP contribution in [0.4, 0.5) is 5.69 Å². The summed E-state index contributed by atoms with van der Waals surface area (Å²) in [5.74, 6) is -0.834. The van der Waals surface area contributed by atoms with E-state index in [1.807, 2.05) is 31.2 Å². The van der Waals surface area contributed by atoms with E-state index in [1.54, 1.807) is 11.5 Å². The second kappa shape index (κ2) is 6.75. The molecule has 1 unspecified atom stereocenters. The SMILES string of the molecule is CCc1c2c(nc3ccccc13)-c1c(NC=O)c3c(c(=O)n1C2)COC(=O)C3(O)CC. The molecule has 0 saturated carbocycles. The van der Waals surface area contributed by atoms with Crippen LogP contribution in [0.1, 0.15) is 42.5 Å². The van der Waals surface area contributed by atoms with E-state index in [4.69, 9.17) is 9.72 Å². The smallest absolute Gasteiger partial charge is 0.343 e. The third-order valence-electron chi connectivity index (χ3n) is 6.38. The Kier molecular flexibility index (Phi) is 4.23. The number of nitrogens with zero attached hydrogens (tertiary/aromatic N) is 2. The summed E-state index contributed by atoms with van der Waals surface area (Å²) >= 11 is 0. The molecule has 0 radical (unpaired) electrons. The third-order valence-corrected chi connectivity index (χ3v) is 6.38. The molecule has 2 aliphatic rings. The lowest BCUT2D eigenvalue weighted by molar-refractivity contribution is -0.172. The zero-order valence-electron chi connectivity index (χ0n) is 17.2. The summed E-state index contributed by atoms with van der Waals surface area (Å²) in [5, 5.41) is 14.9. The number of esters is 1. The number of benzene rings is 1. The largest absolute Gasteiger partial charge is 0.458 e. The minimum Gasteiger partial charge on any atom is -0.458 e. The van der Waals surface area contributed by atoms with Gasteiger partial charge in [-0.15, -0.1) is 0 Å². The van der Waals surface area contributed by atoms with Gasteiger partial charge in [-0.05, 0) is 24.5 Å². The number of para-hydroxylation sites is 1. The minimum atomic E-state index is -2.03. The topological polar surface area (TPSA) is 111 Å². The van der Waals surface area contributed by atoms with E-state index in [-0.39, 0.29) is 35.4 Å². The number of amides is 1. The van der Waals surface area contributed by atoms with Crippen molar-refractivity contribution in [2.75, 3.05) is 5.32 Å². The first-order valence-corrected chi connectivity index (χ1v) is 10.3. The molecule has 2 aliphatic heterocycles. The second-order valence-corrected chi connectivity index (χ2v) is 7.81. The number of cyclic esters (lactones) is 1. The molecule has 5 rings (SSSR count). The molecule has 0 aliphatic carbocycles. The van der Waals surface area contributed by atoms with Crippen LogP contribution in [-0.4, -0.2) is 27.0 Å². The Bertz CT molecular complexity index is 1340. The van der Waals surface area contributed by atoms with Crippen molar-refractivity contribution in [1.29, 1.82) is 0 Å². The zero-order valence-corrected chi connectivity index (χ0v) is 17.2. The fourth-order valence-electron chi connectivity index (χ4n) is 4.89. The van der Waals surface area contributed by atoms with Gasteiger partial charge in [0.1, 0.15) is 6.61 Å². The number of carbonyl (C=O) groups is 2. The number of aromatic nitrogens is 2. The molecule has 0 spiro atoms. The van der Waals surface area contributed by atoms with Crippen LogP contribution in [0.5, 0.6) is 0 Å². The monoisotopic (exact) mass is 419 g/mol. The standard InChI is InChI=1S/C23H21N3O5/c1-3-12-13-7-5-6-8-16(13)25-18-14(12)9-26-20(18)19(24-11-27)17-15(21(26)28)10-31-22(29)23(17,30)4-2/h5-8,11,30H,3-4,9-10H2,1-2H3,(H,24,27). The Morgan fingerprint density at radius 3 is 2.74 bits per heavy atom. The molecule has 0 saturated heterocycles. The molecular weight excluding hydrogens is 398 g/mol. The molecule has 1 atom stereocenters. The van der Waals surface area contributed by atoms with Crippen molar-refractivity contribution in [2.45, 2.75) is 45.4 Å². The van der Waals surface area contributed by atoms with Crippen LogP contribution in [0.15, 0.2) is 29.1 Å². The number of aryl methyl sites for hydroxylation is 1. The predicted molar refractivity (Wildman–Crippen MR) is 114 cm³/mol. The van der Waals surface area contributed by atoms with Crippen molar-refractivity contribution < 1.29 is 19.4 Å². The van der Waals surface area contributed by atoms with Gasteiger partial charge in [-0.2, -0.15) is 0 Å². The van der Waals surface area contributed by atoms with Crippen LogP contribution >= 0.6 is 0 Å². The van der Waals surface area contributed by atoms with Crippen molar-refractivity contribution in [2.24, 2.45) is 0 Å². The molecule has 0 bridgehead atoms. The molecule has 0 fully saturated rings. The number of pyridine rings is 2. The van der Waals surface area contributed by atoms with Gasteiger partial charge in [0.15, 0.2) is 5.60 Å². The highest BCUT2D eigenvalue weighted by molar-refractivity contribution is 5.96. The highest BCUT2D eigenvalue weighted by Crippen LogP contribution is 2.46. The minimum absolute atomic E-state index is 0.00647. The molecule has 8 heteroatoms. The number of nitrogens with one attached hydrogen (secondary N) is 1. The Hall–Kier alpha value is -3.52. The van der Waals surface area contributed by atoms with Gasteiger partial charge in [-0.3, -0.25) is 14.2 Å². The van der Waals surface area contributed by atoms with Crippen molar-refractivity contribution in [3.8, 4) is 11.4 Å². The number of rotatable bonds is 4. The first-order valence-electron chi connectivity index (χ1n) is 10.3. The summed E-state index contributed by atoms with van der Waals surface area (Å²) in [6, 6.07) is 7.75. The van der Waals surface area contributed by atoms with Crippen LogP contribution in [0.3, 0.4) is 0 Å².